The number of halogens is 3. The number of ketones is 1. The van der Waals surface area contributed by atoms with E-state index in [9.17, 15) is 4.79 Å². The first-order valence-electron chi connectivity index (χ1n) is 4.88. The number of nitrogens with zero attached hydrogens (tertiary/aromatic N) is 2. The first-order chi connectivity index (χ1) is 8.49. The maximum atomic E-state index is 10.7. The predicted octanol–water partition coefficient (Wildman–Crippen LogP) is 4.65. The Morgan fingerprint density at radius 2 is 1.50 bits per heavy atom. The number of aromatic nitrogens is 2. The molecule has 0 saturated heterocycles. The summed E-state index contributed by atoms with van der Waals surface area (Å²) >= 11 is 9.65. The van der Waals surface area contributed by atoms with Crippen molar-refractivity contribution in [2.45, 2.75) is 6.92 Å². The zero-order valence-corrected chi connectivity index (χ0v) is 14.2. The van der Waals surface area contributed by atoms with E-state index in [2.05, 4.69) is 57.8 Å². The minimum atomic E-state index is 0.0417. The number of carbonyl (C=O) groups is 1. The third-order valence-electron chi connectivity index (χ3n) is 1.83. The van der Waals surface area contributed by atoms with Gasteiger partial charge in [-0.25, -0.2) is 9.97 Å². The SMILES string of the molecule is Brc1ccc(Br)nc1.CC(=O)c1ccc(Br)nc1. The van der Waals surface area contributed by atoms with Crippen LogP contribution in [0.15, 0.2) is 50.3 Å². The Balaban J connectivity index is 0.000000184. The smallest absolute Gasteiger partial charge is 0.161 e. The molecule has 0 fully saturated rings. The molecule has 2 rings (SSSR count). The van der Waals surface area contributed by atoms with Crippen molar-refractivity contribution in [2.24, 2.45) is 0 Å². The van der Waals surface area contributed by atoms with Crippen LogP contribution in [-0.4, -0.2) is 15.8 Å². The van der Waals surface area contributed by atoms with Gasteiger partial charge in [-0.1, -0.05) is 0 Å². The van der Waals surface area contributed by atoms with Gasteiger partial charge in [0.25, 0.3) is 0 Å². The molecule has 3 nitrogen and oxygen atoms in total. The zero-order valence-electron chi connectivity index (χ0n) is 9.40. The molecule has 0 spiro atoms. The summed E-state index contributed by atoms with van der Waals surface area (Å²) in [4.78, 5) is 18.5. The van der Waals surface area contributed by atoms with Crippen LogP contribution in [0.5, 0.6) is 0 Å². The molecule has 94 valence electrons. The summed E-state index contributed by atoms with van der Waals surface area (Å²) in [6, 6.07) is 7.29. The van der Waals surface area contributed by atoms with Crippen molar-refractivity contribution in [1.82, 2.24) is 9.97 Å². The molecule has 0 radical (unpaired) electrons. The van der Waals surface area contributed by atoms with Gasteiger partial charge in [0.2, 0.25) is 0 Å². The lowest BCUT2D eigenvalue weighted by Crippen LogP contribution is -1.91. The molecule has 0 aliphatic carbocycles. The van der Waals surface area contributed by atoms with Gasteiger partial charge in [0.15, 0.2) is 5.78 Å². The molecule has 0 saturated carbocycles. The molecule has 0 N–H and O–H groups in total. The molecule has 0 unspecified atom stereocenters. The maximum absolute atomic E-state index is 10.7. The second kappa shape index (κ2) is 7.76. The number of hydrogen-bond donors (Lipinski definition) is 0. The summed E-state index contributed by atoms with van der Waals surface area (Å²) in [5.74, 6) is 0.0417. The lowest BCUT2D eigenvalue weighted by molar-refractivity contribution is 0.101. The monoisotopic (exact) mass is 434 g/mol. The average molecular weight is 437 g/mol. The lowest BCUT2D eigenvalue weighted by atomic mass is 10.2. The van der Waals surface area contributed by atoms with E-state index in [1.54, 1.807) is 24.5 Å². The molecule has 18 heavy (non-hydrogen) atoms. The Labute approximate surface area is 130 Å². The maximum Gasteiger partial charge on any atom is 0.161 e. The largest absolute Gasteiger partial charge is 0.294 e. The number of pyridine rings is 2. The van der Waals surface area contributed by atoms with Crippen molar-refractivity contribution in [3.8, 4) is 0 Å². The molecule has 0 bridgehead atoms. The lowest BCUT2D eigenvalue weighted by Gasteiger charge is -1.92. The fourth-order valence-electron chi connectivity index (χ4n) is 0.942. The summed E-state index contributed by atoms with van der Waals surface area (Å²) in [6.07, 6.45) is 3.29. The van der Waals surface area contributed by atoms with E-state index < -0.39 is 0 Å². The van der Waals surface area contributed by atoms with Crippen LogP contribution in [0, 0.1) is 0 Å². The average Bonchev–Trinajstić information content (AvgIpc) is 2.34. The Kier molecular flexibility index (Phi) is 6.67. The van der Waals surface area contributed by atoms with E-state index in [-0.39, 0.29) is 5.78 Å². The fraction of sp³-hybridized carbons (Fsp3) is 0.0833. The molecule has 2 aromatic rings. The summed E-state index contributed by atoms with van der Waals surface area (Å²) in [6.45, 7) is 1.52. The van der Waals surface area contributed by atoms with Gasteiger partial charge in [-0.3, -0.25) is 4.79 Å². The molecular formula is C12H9Br3N2O. The molecule has 0 aliphatic heterocycles. The Morgan fingerprint density at radius 3 is 1.83 bits per heavy atom. The first kappa shape index (κ1) is 15.5. The van der Waals surface area contributed by atoms with Crippen molar-refractivity contribution in [3.63, 3.8) is 0 Å². The summed E-state index contributed by atoms with van der Waals surface area (Å²) in [7, 11) is 0. The molecule has 2 heterocycles. The quantitative estimate of drug-likeness (QED) is 0.482. The minimum Gasteiger partial charge on any atom is -0.294 e. The summed E-state index contributed by atoms with van der Waals surface area (Å²) < 4.78 is 2.61. The van der Waals surface area contributed by atoms with E-state index in [1.807, 2.05) is 12.1 Å². The van der Waals surface area contributed by atoms with Gasteiger partial charge in [0.1, 0.15) is 9.21 Å². The van der Waals surface area contributed by atoms with E-state index in [0.29, 0.717) is 5.56 Å². The molecule has 0 atom stereocenters. The van der Waals surface area contributed by atoms with Gasteiger partial charge in [0, 0.05) is 22.4 Å². The molecule has 6 heteroatoms. The van der Waals surface area contributed by atoms with E-state index in [4.69, 9.17) is 0 Å². The number of hydrogen-bond acceptors (Lipinski definition) is 3. The predicted molar refractivity (Wildman–Crippen MR) is 81.6 cm³/mol. The van der Waals surface area contributed by atoms with E-state index in [1.165, 1.54) is 6.92 Å². The second-order valence-corrected chi connectivity index (χ2v) is 5.77. The highest BCUT2D eigenvalue weighted by molar-refractivity contribution is 9.11. The number of Topliss-reactive ketones (excluding diaryl/α,β-unsaturated/α-hetero) is 1. The Morgan fingerprint density at radius 1 is 0.944 bits per heavy atom. The molecule has 2 aromatic heterocycles. The van der Waals surface area contributed by atoms with Crippen LogP contribution in [0.2, 0.25) is 0 Å². The standard InChI is InChI=1S/C7H6BrNO.C5H3Br2N/c1-5(10)6-2-3-7(8)9-4-6;6-4-1-2-5(7)8-3-4/h2-4H,1H3;1-3H. The Bertz CT molecular complexity index is 491. The van der Waals surface area contributed by atoms with Crippen molar-refractivity contribution >= 4 is 53.6 Å². The van der Waals surface area contributed by atoms with Gasteiger partial charge in [-0.15, -0.1) is 0 Å². The molecular weight excluding hydrogens is 428 g/mol. The van der Waals surface area contributed by atoms with Crippen molar-refractivity contribution in [1.29, 1.82) is 0 Å². The minimum absolute atomic E-state index is 0.0417. The van der Waals surface area contributed by atoms with E-state index >= 15 is 0 Å². The normalized spacial score (nSPS) is 9.33. The number of carbonyl (C=O) groups excluding carboxylic acids is 1. The van der Waals surface area contributed by atoms with Gasteiger partial charge in [-0.2, -0.15) is 0 Å². The van der Waals surface area contributed by atoms with Crippen LogP contribution in [0.1, 0.15) is 17.3 Å². The van der Waals surface area contributed by atoms with Crippen LogP contribution >= 0.6 is 47.8 Å². The topological polar surface area (TPSA) is 42.9 Å². The van der Waals surface area contributed by atoms with Crippen LogP contribution in [0.3, 0.4) is 0 Å². The van der Waals surface area contributed by atoms with E-state index in [0.717, 1.165) is 13.7 Å². The molecule has 0 aromatic carbocycles. The van der Waals surface area contributed by atoms with Gasteiger partial charge < -0.3 is 0 Å². The highest BCUT2D eigenvalue weighted by Crippen LogP contribution is 2.10. The van der Waals surface area contributed by atoms with Crippen LogP contribution < -0.4 is 0 Å². The third-order valence-corrected chi connectivity index (χ3v) is 3.23. The van der Waals surface area contributed by atoms with Gasteiger partial charge in [0.05, 0.1) is 0 Å². The molecule has 0 aliphatic rings. The third kappa shape index (κ3) is 5.84. The van der Waals surface area contributed by atoms with Crippen LogP contribution in [0.25, 0.3) is 0 Å². The van der Waals surface area contributed by atoms with Gasteiger partial charge >= 0.3 is 0 Å². The first-order valence-corrected chi connectivity index (χ1v) is 7.26. The zero-order chi connectivity index (χ0) is 13.5. The molecule has 0 amide bonds. The van der Waals surface area contributed by atoms with Crippen LogP contribution in [-0.2, 0) is 0 Å². The second-order valence-electron chi connectivity index (χ2n) is 3.22. The Hall–Kier alpha value is -0.590. The van der Waals surface area contributed by atoms with Crippen molar-refractivity contribution < 1.29 is 4.79 Å². The summed E-state index contributed by atoms with van der Waals surface area (Å²) in [5.41, 5.74) is 0.642. The van der Waals surface area contributed by atoms with Crippen LogP contribution in [0.4, 0.5) is 0 Å². The van der Waals surface area contributed by atoms with Crippen molar-refractivity contribution in [3.05, 3.63) is 55.9 Å². The fourth-order valence-corrected chi connectivity index (χ4v) is 1.65. The number of rotatable bonds is 1. The van der Waals surface area contributed by atoms with Gasteiger partial charge in [-0.05, 0) is 79.0 Å². The highest BCUT2D eigenvalue weighted by Gasteiger charge is 1.96. The summed E-state index contributed by atoms with van der Waals surface area (Å²) in [5, 5.41) is 0. The highest BCUT2D eigenvalue weighted by atomic mass is 79.9. The van der Waals surface area contributed by atoms with Crippen molar-refractivity contribution in [2.75, 3.05) is 0 Å².